The number of alkyl halides is 2. The second-order valence-corrected chi connectivity index (χ2v) is 11.0. The quantitative estimate of drug-likeness (QED) is 0.595. The summed E-state index contributed by atoms with van der Waals surface area (Å²) in [6.45, 7) is 1.18. The lowest BCUT2D eigenvalue weighted by Gasteiger charge is -2.38. The van der Waals surface area contributed by atoms with Crippen molar-refractivity contribution in [1.29, 1.82) is 0 Å². The Bertz CT molecular complexity index is 1190. The summed E-state index contributed by atoms with van der Waals surface area (Å²) in [5.74, 6) is -5.29. The molecule has 2 unspecified atom stereocenters. The fourth-order valence-corrected chi connectivity index (χ4v) is 6.86. The maximum absolute atomic E-state index is 14.2. The van der Waals surface area contributed by atoms with Crippen molar-refractivity contribution < 1.29 is 26.0 Å². The Morgan fingerprint density at radius 2 is 1.73 bits per heavy atom. The Morgan fingerprint density at radius 3 is 2.36 bits per heavy atom. The van der Waals surface area contributed by atoms with Crippen LogP contribution in [0.1, 0.15) is 6.42 Å². The number of hydrogen-bond donors (Lipinski definition) is 0. The first kappa shape index (κ1) is 22.7. The summed E-state index contributed by atoms with van der Waals surface area (Å²) in [4.78, 5) is 7.62. The smallest absolute Gasteiger partial charge is 0.252 e. The van der Waals surface area contributed by atoms with Gasteiger partial charge in [-0.25, -0.2) is 31.0 Å². The SMILES string of the molecule is O=S(=O)(c1cc(Cl)cnc1N1CCN(c2ccc(F)cc2F)CC1)N1CC2CC(F)(F)C2C1. The number of anilines is 2. The summed E-state index contributed by atoms with van der Waals surface area (Å²) in [7, 11) is -4.10. The van der Waals surface area contributed by atoms with Gasteiger partial charge in [-0.3, -0.25) is 0 Å². The van der Waals surface area contributed by atoms with E-state index in [2.05, 4.69) is 4.98 Å². The molecule has 0 radical (unpaired) electrons. The number of aromatic nitrogens is 1. The minimum atomic E-state index is -4.10. The van der Waals surface area contributed by atoms with E-state index in [1.165, 1.54) is 24.4 Å². The average Bonchev–Trinajstić information content (AvgIpc) is 3.14. The van der Waals surface area contributed by atoms with Crippen molar-refractivity contribution in [2.24, 2.45) is 11.8 Å². The monoisotopic (exact) mass is 504 g/mol. The lowest BCUT2D eigenvalue weighted by Crippen LogP contribution is -2.47. The zero-order valence-corrected chi connectivity index (χ0v) is 19.0. The summed E-state index contributed by atoms with van der Waals surface area (Å²) in [6.07, 6.45) is 1.04. The molecule has 12 heteroatoms. The van der Waals surface area contributed by atoms with Gasteiger partial charge in [0.2, 0.25) is 10.0 Å². The second-order valence-electron chi connectivity index (χ2n) is 8.70. The van der Waals surface area contributed by atoms with Crippen LogP contribution in [0.3, 0.4) is 0 Å². The van der Waals surface area contributed by atoms with Gasteiger partial charge in [-0.15, -0.1) is 0 Å². The molecular weight excluding hydrogens is 484 g/mol. The predicted octanol–water partition coefficient (Wildman–Crippen LogP) is 3.62. The number of sulfonamides is 1. The molecule has 1 aromatic carbocycles. The Kier molecular flexibility index (Phi) is 5.49. The highest BCUT2D eigenvalue weighted by molar-refractivity contribution is 7.89. The van der Waals surface area contributed by atoms with E-state index < -0.39 is 33.5 Å². The van der Waals surface area contributed by atoms with Gasteiger partial charge in [-0.1, -0.05) is 11.6 Å². The zero-order valence-electron chi connectivity index (χ0n) is 17.4. The number of rotatable bonds is 4. The van der Waals surface area contributed by atoms with Crippen LogP contribution in [-0.4, -0.2) is 62.9 Å². The topological polar surface area (TPSA) is 56.8 Å². The number of nitrogens with zero attached hydrogens (tertiary/aromatic N) is 4. The highest BCUT2D eigenvalue weighted by atomic mass is 35.5. The van der Waals surface area contributed by atoms with Crippen molar-refractivity contribution in [2.75, 3.05) is 49.1 Å². The fourth-order valence-electron chi connectivity index (χ4n) is 4.93. The number of pyridine rings is 1. The molecule has 3 heterocycles. The summed E-state index contributed by atoms with van der Waals surface area (Å²) < 4.78 is 82.9. The van der Waals surface area contributed by atoms with E-state index in [-0.39, 0.29) is 46.9 Å². The van der Waals surface area contributed by atoms with Gasteiger partial charge in [0.1, 0.15) is 22.3 Å². The molecule has 0 spiro atoms. The minimum Gasteiger partial charge on any atom is -0.366 e. The summed E-state index contributed by atoms with van der Waals surface area (Å²) in [5, 5.41) is 0.122. The van der Waals surface area contributed by atoms with Crippen LogP contribution < -0.4 is 9.80 Å². The molecule has 2 aliphatic heterocycles. The molecule has 178 valence electrons. The van der Waals surface area contributed by atoms with Gasteiger partial charge >= 0.3 is 0 Å². The van der Waals surface area contributed by atoms with Crippen molar-refractivity contribution in [2.45, 2.75) is 17.2 Å². The van der Waals surface area contributed by atoms with Gasteiger partial charge in [0.25, 0.3) is 5.92 Å². The van der Waals surface area contributed by atoms with Crippen molar-refractivity contribution in [3.63, 3.8) is 0 Å². The Labute approximate surface area is 193 Å². The third-order valence-corrected chi connectivity index (χ3v) is 8.77. The van der Waals surface area contributed by atoms with Crippen LogP contribution in [0.15, 0.2) is 35.4 Å². The summed E-state index contributed by atoms with van der Waals surface area (Å²) >= 11 is 6.05. The van der Waals surface area contributed by atoms with Crippen LogP contribution in [0.4, 0.5) is 29.1 Å². The van der Waals surface area contributed by atoms with E-state index >= 15 is 0 Å². The summed E-state index contributed by atoms with van der Waals surface area (Å²) in [6, 6.07) is 4.67. The molecule has 1 aliphatic carbocycles. The number of benzene rings is 1. The minimum absolute atomic E-state index is 0.0478. The molecule has 1 aromatic heterocycles. The van der Waals surface area contributed by atoms with Crippen molar-refractivity contribution >= 4 is 33.1 Å². The van der Waals surface area contributed by atoms with Crippen LogP contribution in [-0.2, 0) is 10.0 Å². The average molecular weight is 505 g/mol. The van der Waals surface area contributed by atoms with E-state index in [1.54, 1.807) is 9.80 Å². The number of halogens is 5. The highest BCUT2D eigenvalue weighted by Gasteiger charge is 2.61. The third kappa shape index (κ3) is 3.93. The molecule has 1 saturated carbocycles. The molecular formula is C21H21ClF4N4O2S. The fraction of sp³-hybridized carbons (Fsp3) is 0.476. The zero-order chi connectivity index (χ0) is 23.5. The van der Waals surface area contributed by atoms with Crippen LogP contribution in [0.5, 0.6) is 0 Å². The molecule has 6 nitrogen and oxygen atoms in total. The van der Waals surface area contributed by atoms with Crippen LogP contribution >= 0.6 is 11.6 Å². The normalized spacial score (nSPS) is 25.1. The van der Waals surface area contributed by atoms with E-state index in [4.69, 9.17) is 11.6 Å². The molecule has 3 aliphatic rings. The lowest BCUT2D eigenvalue weighted by molar-refractivity contribution is -0.152. The molecule has 2 saturated heterocycles. The van der Waals surface area contributed by atoms with Gasteiger partial charge in [0.15, 0.2) is 0 Å². The Hall–Kier alpha value is -2.11. The first-order valence-corrected chi connectivity index (χ1v) is 12.4. The van der Waals surface area contributed by atoms with E-state index in [0.717, 1.165) is 10.4 Å². The molecule has 0 bridgehead atoms. The van der Waals surface area contributed by atoms with E-state index in [0.29, 0.717) is 26.2 Å². The van der Waals surface area contributed by atoms with E-state index in [9.17, 15) is 26.0 Å². The Balaban J connectivity index is 1.37. The Morgan fingerprint density at radius 1 is 1.03 bits per heavy atom. The standard InChI is InChI=1S/C21H21ClF4N4O2S/c22-14-7-19(33(31,32)30-11-13-9-21(25,26)16(13)12-30)20(27-10-14)29-5-3-28(4-6-29)18-2-1-15(23)8-17(18)24/h1-2,7-8,10,13,16H,3-6,9,11-12H2. The molecule has 3 fully saturated rings. The molecule has 0 N–H and O–H groups in total. The van der Waals surface area contributed by atoms with E-state index in [1.807, 2.05) is 0 Å². The maximum atomic E-state index is 14.2. The first-order chi connectivity index (χ1) is 15.6. The van der Waals surface area contributed by atoms with Gasteiger partial charge in [-0.05, 0) is 24.1 Å². The first-order valence-electron chi connectivity index (χ1n) is 10.5. The molecule has 0 amide bonds. The lowest BCUT2D eigenvalue weighted by atomic mass is 9.72. The van der Waals surface area contributed by atoms with Gasteiger partial charge < -0.3 is 9.80 Å². The van der Waals surface area contributed by atoms with Crippen LogP contribution in [0, 0.1) is 23.5 Å². The molecule has 5 rings (SSSR count). The maximum Gasteiger partial charge on any atom is 0.252 e. The van der Waals surface area contributed by atoms with Crippen molar-refractivity contribution in [3.05, 3.63) is 47.1 Å². The van der Waals surface area contributed by atoms with Crippen molar-refractivity contribution in [3.8, 4) is 0 Å². The van der Waals surface area contributed by atoms with Gasteiger partial charge in [0, 0.05) is 63.9 Å². The van der Waals surface area contributed by atoms with Gasteiger partial charge in [-0.2, -0.15) is 4.31 Å². The number of fused-ring (bicyclic) bond motifs is 1. The van der Waals surface area contributed by atoms with Crippen LogP contribution in [0.25, 0.3) is 0 Å². The largest absolute Gasteiger partial charge is 0.366 e. The van der Waals surface area contributed by atoms with Gasteiger partial charge in [0.05, 0.1) is 10.7 Å². The summed E-state index contributed by atoms with van der Waals surface area (Å²) in [5.41, 5.74) is 0.265. The molecule has 33 heavy (non-hydrogen) atoms. The number of hydrogen-bond acceptors (Lipinski definition) is 5. The molecule has 2 atom stereocenters. The second kappa shape index (κ2) is 7.99. The van der Waals surface area contributed by atoms with Crippen LogP contribution in [0.2, 0.25) is 5.02 Å². The predicted molar refractivity (Wildman–Crippen MR) is 115 cm³/mol. The van der Waals surface area contributed by atoms with Crippen molar-refractivity contribution in [1.82, 2.24) is 9.29 Å². The highest BCUT2D eigenvalue weighted by Crippen LogP contribution is 2.53. The number of piperazine rings is 1. The third-order valence-electron chi connectivity index (χ3n) is 6.73. The molecule has 2 aromatic rings.